The van der Waals surface area contributed by atoms with Gasteiger partial charge < -0.3 is 10.1 Å². The molecule has 76 valence electrons. The molecule has 0 amide bonds. The van der Waals surface area contributed by atoms with E-state index in [1.54, 1.807) is 0 Å². The highest BCUT2D eigenvalue weighted by Crippen LogP contribution is 2.10. The van der Waals surface area contributed by atoms with Crippen molar-refractivity contribution < 1.29 is 9.53 Å². The number of hydrogen-bond donors (Lipinski definition) is 1. The summed E-state index contributed by atoms with van der Waals surface area (Å²) in [5.41, 5.74) is 1.02. The van der Waals surface area contributed by atoms with Gasteiger partial charge in [-0.1, -0.05) is 0 Å². The largest absolute Gasteiger partial charge is 0.469 e. The summed E-state index contributed by atoms with van der Waals surface area (Å²) in [6.45, 7) is 0.604. The summed E-state index contributed by atoms with van der Waals surface area (Å²) >= 11 is 2.25. The first-order chi connectivity index (χ1) is 6.72. The van der Waals surface area contributed by atoms with Crippen LogP contribution in [-0.4, -0.2) is 19.6 Å². The van der Waals surface area contributed by atoms with Crippen molar-refractivity contribution in [3.63, 3.8) is 0 Å². The van der Waals surface area contributed by atoms with Crippen LogP contribution in [0.5, 0.6) is 0 Å². The fourth-order valence-electron chi connectivity index (χ4n) is 0.979. The molecule has 0 spiro atoms. The molecular formula is C10H12INO2. The van der Waals surface area contributed by atoms with Crippen LogP contribution in [0, 0.1) is 3.57 Å². The van der Waals surface area contributed by atoms with Crippen LogP contribution < -0.4 is 5.32 Å². The molecule has 0 fully saturated rings. The number of esters is 1. The molecule has 4 heteroatoms. The van der Waals surface area contributed by atoms with Gasteiger partial charge in [0.05, 0.1) is 13.5 Å². The van der Waals surface area contributed by atoms with E-state index in [-0.39, 0.29) is 5.97 Å². The number of hydrogen-bond acceptors (Lipinski definition) is 3. The summed E-state index contributed by atoms with van der Waals surface area (Å²) in [7, 11) is 1.40. The molecule has 1 aromatic rings. The maximum absolute atomic E-state index is 10.8. The number of carbonyl (C=O) groups is 1. The second-order valence-electron chi connectivity index (χ2n) is 2.76. The van der Waals surface area contributed by atoms with Crippen LogP contribution in [0.3, 0.4) is 0 Å². The molecule has 14 heavy (non-hydrogen) atoms. The topological polar surface area (TPSA) is 38.3 Å². The molecule has 0 unspecified atom stereocenters. The van der Waals surface area contributed by atoms with Crippen LogP contribution in [0.2, 0.25) is 0 Å². The molecule has 1 rings (SSSR count). The van der Waals surface area contributed by atoms with Gasteiger partial charge in [-0.2, -0.15) is 0 Å². The van der Waals surface area contributed by atoms with Gasteiger partial charge in [-0.05, 0) is 46.9 Å². The molecule has 0 saturated heterocycles. The molecule has 0 heterocycles. The van der Waals surface area contributed by atoms with Crippen molar-refractivity contribution in [1.82, 2.24) is 0 Å². The number of rotatable bonds is 4. The molecule has 1 aromatic carbocycles. The van der Waals surface area contributed by atoms with Crippen molar-refractivity contribution in [2.45, 2.75) is 6.42 Å². The third-order valence-corrected chi connectivity index (χ3v) is 2.45. The minimum absolute atomic E-state index is 0.192. The smallest absolute Gasteiger partial charge is 0.307 e. The zero-order valence-corrected chi connectivity index (χ0v) is 10.1. The monoisotopic (exact) mass is 305 g/mol. The average molecular weight is 305 g/mol. The van der Waals surface area contributed by atoms with E-state index < -0.39 is 0 Å². The minimum Gasteiger partial charge on any atom is -0.469 e. The van der Waals surface area contributed by atoms with Gasteiger partial charge in [-0.15, -0.1) is 0 Å². The molecule has 0 aromatic heterocycles. The molecule has 0 radical (unpaired) electrons. The predicted molar refractivity (Wildman–Crippen MR) is 64.3 cm³/mol. The van der Waals surface area contributed by atoms with Gasteiger partial charge in [-0.25, -0.2) is 0 Å². The summed E-state index contributed by atoms with van der Waals surface area (Å²) in [5.74, 6) is -0.192. The lowest BCUT2D eigenvalue weighted by Gasteiger charge is -2.04. The summed E-state index contributed by atoms with van der Waals surface area (Å²) in [6, 6.07) is 8.00. The van der Waals surface area contributed by atoms with E-state index in [1.807, 2.05) is 24.3 Å². The van der Waals surface area contributed by atoms with E-state index in [4.69, 9.17) is 0 Å². The number of carbonyl (C=O) groups excluding carboxylic acids is 1. The lowest BCUT2D eigenvalue weighted by molar-refractivity contribution is -0.140. The van der Waals surface area contributed by atoms with Gasteiger partial charge >= 0.3 is 5.97 Å². The van der Waals surface area contributed by atoms with Crippen LogP contribution in [0.15, 0.2) is 24.3 Å². The molecule has 1 N–H and O–H groups in total. The van der Waals surface area contributed by atoms with Crippen LogP contribution >= 0.6 is 22.6 Å². The highest BCUT2D eigenvalue weighted by molar-refractivity contribution is 14.1. The second-order valence-corrected chi connectivity index (χ2v) is 4.01. The van der Waals surface area contributed by atoms with Crippen molar-refractivity contribution in [1.29, 1.82) is 0 Å². The van der Waals surface area contributed by atoms with Crippen molar-refractivity contribution in [2.24, 2.45) is 0 Å². The van der Waals surface area contributed by atoms with Gasteiger partial charge in [0, 0.05) is 15.8 Å². The van der Waals surface area contributed by atoms with Crippen LogP contribution in [0.4, 0.5) is 5.69 Å². The summed E-state index contributed by atoms with van der Waals surface area (Å²) in [5, 5.41) is 3.13. The molecule has 0 aliphatic heterocycles. The third kappa shape index (κ3) is 3.95. The van der Waals surface area contributed by atoms with E-state index in [9.17, 15) is 4.79 Å². The van der Waals surface area contributed by atoms with Crippen molar-refractivity contribution in [2.75, 3.05) is 19.0 Å². The van der Waals surface area contributed by atoms with Crippen LogP contribution in [0.25, 0.3) is 0 Å². The zero-order chi connectivity index (χ0) is 10.4. The molecular weight excluding hydrogens is 293 g/mol. The Hall–Kier alpha value is -0.780. The Labute approximate surface area is 97.0 Å². The third-order valence-electron chi connectivity index (χ3n) is 1.73. The Morgan fingerprint density at radius 3 is 2.64 bits per heavy atom. The molecule has 0 saturated carbocycles. The SMILES string of the molecule is COC(=O)CCNc1ccc(I)cc1. The first-order valence-corrected chi connectivity index (χ1v) is 5.36. The standard InChI is InChI=1S/C10H12INO2/c1-14-10(13)6-7-12-9-4-2-8(11)3-5-9/h2-5,12H,6-7H2,1H3. The Kier molecular flexibility index (Phi) is 4.72. The second kappa shape index (κ2) is 5.85. The van der Waals surface area contributed by atoms with E-state index in [0.29, 0.717) is 13.0 Å². The first-order valence-electron chi connectivity index (χ1n) is 4.28. The maximum Gasteiger partial charge on any atom is 0.307 e. The van der Waals surface area contributed by atoms with Crippen molar-refractivity contribution in [3.8, 4) is 0 Å². The fraction of sp³-hybridized carbons (Fsp3) is 0.300. The summed E-state index contributed by atoms with van der Waals surface area (Å²) < 4.78 is 5.72. The van der Waals surface area contributed by atoms with Gasteiger partial charge in [0.2, 0.25) is 0 Å². The highest BCUT2D eigenvalue weighted by Gasteiger charge is 1.98. The zero-order valence-electron chi connectivity index (χ0n) is 7.92. The molecule has 0 aliphatic carbocycles. The lowest BCUT2D eigenvalue weighted by Crippen LogP contribution is -2.09. The van der Waals surface area contributed by atoms with Gasteiger partial charge in [0.25, 0.3) is 0 Å². The van der Waals surface area contributed by atoms with Crippen LogP contribution in [0.1, 0.15) is 6.42 Å². The number of anilines is 1. The van der Waals surface area contributed by atoms with E-state index in [2.05, 4.69) is 32.6 Å². The van der Waals surface area contributed by atoms with Crippen molar-refractivity contribution >= 4 is 34.2 Å². The maximum atomic E-state index is 10.8. The number of benzene rings is 1. The number of nitrogens with one attached hydrogen (secondary N) is 1. The number of methoxy groups -OCH3 is 1. The normalized spacial score (nSPS) is 9.57. The van der Waals surface area contributed by atoms with Gasteiger partial charge in [0.1, 0.15) is 0 Å². The molecule has 0 aliphatic rings. The number of halogens is 1. The summed E-state index contributed by atoms with van der Waals surface area (Å²) in [4.78, 5) is 10.8. The minimum atomic E-state index is -0.192. The summed E-state index contributed by atoms with van der Waals surface area (Å²) in [6.07, 6.45) is 0.391. The quantitative estimate of drug-likeness (QED) is 0.685. The first kappa shape index (κ1) is 11.3. The van der Waals surface area contributed by atoms with E-state index in [1.165, 1.54) is 10.7 Å². The van der Waals surface area contributed by atoms with E-state index in [0.717, 1.165) is 5.69 Å². The van der Waals surface area contributed by atoms with Gasteiger partial charge in [-0.3, -0.25) is 4.79 Å². The predicted octanol–water partition coefficient (Wildman–Crippen LogP) is 2.27. The fourth-order valence-corrected chi connectivity index (χ4v) is 1.34. The Morgan fingerprint density at radius 1 is 1.43 bits per heavy atom. The average Bonchev–Trinajstić information content (AvgIpc) is 2.21. The molecule has 3 nitrogen and oxygen atoms in total. The highest BCUT2D eigenvalue weighted by atomic mass is 127. The van der Waals surface area contributed by atoms with Gasteiger partial charge in [0.15, 0.2) is 0 Å². The Balaban J connectivity index is 2.31. The van der Waals surface area contributed by atoms with Crippen molar-refractivity contribution in [3.05, 3.63) is 27.8 Å². The molecule has 0 atom stereocenters. The number of ether oxygens (including phenoxy) is 1. The van der Waals surface area contributed by atoms with E-state index >= 15 is 0 Å². The van der Waals surface area contributed by atoms with Crippen LogP contribution in [-0.2, 0) is 9.53 Å². The Morgan fingerprint density at radius 2 is 2.07 bits per heavy atom. The lowest BCUT2D eigenvalue weighted by atomic mass is 10.3. The Bertz CT molecular complexity index is 297. The molecule has 0 bridgehead atoms.